The van der Waals surface area contributed by atoms with E-state index in [2.05, 4.69) is 27.4 Å². The van der Waals surface area contributed by atoms with Gasteiger partial charge in [0.1, 0.15) is 5.82 Å². The van der Waals surface area contributed by atoms with Crippen molar-refractivity contribution in [3.63, 3.8) is 0 Å². The lowest BCUT2D eigenvalue weighted by molar-refractivity contribution is 0.597. The van der Waals surface area contributed by atoms with Gasteiger partial charge >= 0.3 is 0 Å². The summed E-state index contributed by atoms with van der Waals surface area (Å²) in [5, 5.41) is 10.9. The summed E-state index contributed by atoms with van der Waals surface area (Å²) in [5.74, 6) is 1.93. The Morgan fingerprint density at radius 3 is 2.92 bits per heavy atom. The van der Waals surface area contributed by atoms with E-state index in [1.54, 1.807) is 11.8 Å². The zero-order valence-corrected chi connectivity index (χ0v) is 9.11. The normalized spacial score (nSPS) is 13.2. The maximum Gasteiger partial charge on any atom is 0.208 e. The Morgan fingerprint density at radius 2 is 2.38 bits per heavy atom. The fraction of sp³-hybridized carbons (Fsp3) is 0.750. The van der Waals surface area contributed by atoms with Gasteiger partial charge in [-0.2, -0.15) is 0 Å². The lowest BCUT2D eigenvalue weighted by Crippen LogP contribution is -2.21. The molecule has 1 atom stereocenters. The monoisotopic (exact) mass is 200 g/mol. The van der Waals surface area contributed by atoms with Gasteiger partial charge in [0.2, 0.25) is 5.16 Å². The Hall–Kier alpha value is -0.550. The highest BCUT2D eigenvalue weighted by Gasteiger charge is 2.02. The van der Waals surface area contributed by atoms with Crippen LogP contribution in [-0.4, -0.2) is 34.0 Å². The number of hydrogen-bond donors (Lipinski definition) is 2. The van der Waals surface area contributed by atoms with E-state index >= 15 is 0 Å². The van der Waals surface area contributed by atoms with Crippen molar-refractivity contribution < 1.29 is 0 Å². The molecular formula is C8H16N4S. The quantitative estimate of drug-likeness (QED) is 0.701. The van der Waals surface area contributed by atoms with Crippen LogP contribution in [0.25, 0.3) is 0 Å². The predicted octanol–water partition coefficient (Wildman–Crippen LogP) is 1.20. The van der Waals surface area contributed by atoms with Crippen molar-refractivity contribution in [1.29, 1.82) is 0 Å². The standard InChI is InChI=1S/C8H16N4S/c1-6(9-3)4-5-13-8-10-7(2)11-12-8/h6,9H,4-5H2,1-3H3,(H,10,11,12). The Bertz CT molecular complexity index is 248. The highest BCUT2D eigenvalue weighted by Crippen LogP contribution is 2.13. The van der Waals surface area contributed by atoms with Gasteiger partial charge in [-0.05, 0) is 27.3 Å². The highest BCUT2D eigenvalue weighted by atomic mass is 32.2. The summed E-state index contributed by atoms with van der Waals surface area (Å²) in [6.45, 7) is 4.08. The Balaban J connectivity index is 2.20. The van der Waals surface area contributed by atoms with E-state index in [4.69, 9.17) is 0 Å². The van der Waals surface area contributed by atoms with Gasteiger partial charge in [0.15, 0.2) is 0 Å². The molecule has 0 fully saturated rings. The number of aromatic amines is 1. The largest absolute Gasteiger partial charge is 0.317 e. The Kier molecular flexibility index (Phi) is 4.24. The molecule has 1 unspecified atom stereocenters. The summed E-state index contributed by atoms with van der Waals surface area (Å²) < 4.78 is 0. The third-order valence-electron chi connectivity index (χ3n) is 1.85. The second kappa shape index (κ2) is 5.24. The van der Waals surface area contributed by atoms with Gasteiger partial charge in [-0.15, -0.1) is 5.10 Å². The van der Waals surface area contributed by atoms with E-state index in [1.807, 2.05) is 14.0 Å². The number of nitrogens with zero attached hydrogens (tertiary/aromatic N) is 2. The van der Waals surface area contributed by atoms with E-state index in [0.29, 0.717) is 6.04 Å². The average molecular weight is 200 g/mol. The first-order valence-electron chi connectivity index (χ1n) is 4.41. The van der Waals surface area contributed by atoms with Gasteiger partial charge in [-0.3, -0.25) is 5.10 Å². The highest BCUT2D eigenvalue weighted by molar-refractivity contribution is 7.99. The molecule has 4 nitrogen and oxygen atoms in total. The molecule has 1 heterocycles. The number of thioether (sulfide) groups is 1. The van der Waals surface area contributed by atoms with Crippen LogP contribution in [0.2, 0.25) is 0 Å². The van der Waals surface area contributed by atoms with E-state index < -0.39 is 0 Å². The van der Waals surface area contributed by atoms with Crippen molar-refractivity contribution in [2.75, 3.05) is 12.8 Å². The third-order valence-corrected chi connectivity index (χ3v) is 2.73. The summed E-state index contributed by atoms with van der Waals surface area (Å²) in [6.07, 6.45) is 1.13. The van der Waals surface area contributed by atoms with Crippen LogP contribution in [0.1, 0.15) is 19.2 Å². The van der Waals surface area contributed by atoms with Crippen molar-refractivity contribution >= 4 is 11.8 Å². The topological polar surface area (TPSA) is 53.6 Å². The first-order valence-corrected chi connectivity index (χ1v) is 5.40. The zero-order chi connectivity index (χ0) is 9.68. The minimum atomic E-state index is 0.563. The molecule has 0 aromatic carbocycles. The molecule has 0 bridgehead atoms. The van der Waals surface area contributed by atoms with Crippen molar-refractivity contribution in [1.82, 2.24) is 20.5 Å². The summed E-state index contributed by atoms with van der Waals surface area (Å²) >= 11 is 1.69. The van der Waals surface area contributed by atoms with Crippen molar-refractivity contribution in [2.45, 2.75) is 31.5 Å². The van der Waals surface area contributed by atoms with Gasteiger partial charge in [0.25, 0.3) is 0 Å². The number of aryl methyl sites for hydroxylation is 1. The van der Waals surface area contributed by atoms with Crippen LogP contribution in [0.15, 0.2) is 5.16 Å². The van der Waals surface area contributed by atoms with Gasteiger partial charge in [-0.1, -0.05) is 11.8 Å². The van der Waals surface area contributed by atoms with Crippen LogP contribution in [0, 0.1) is 6.92 Å². The summed E-state index contributed by atoms with van der Waals surface area (Å²) in [7, 11) is 1.98. The first kappa shape index (κ1) is 10.5. The van der Waals surface area contributed by atoms with Crippen molar-refractivity contribution in [2.24, 2.45) is 0 Å². The number of nitrogens with one attached hydrogen (secondary N) is 2. The van der Waals surface area contributed by atoms with E-state index in [0.717, 1.165) is 23.2 Å². The molecule has 13 heavy (non-hydrogen) atoms. The van der Waals surface area contributed by atoms with E-state index in [9.17, 15) is 0 Å². The Morgan fingerprint density at radius 1 is 1.62 bits per heavy atom. The molecule has 0 saturated carbocycles. The van der Waals surface area contributed by atoms with E-state index in [-0.39, 0.29) is 0 Å². The van der Waals surface area contributed by atoms with Gasteiger partial charge in [0.05, 0.1) is 0 Å². The van der Waals surface area contributed by atoms with Crippen molar-refractivity contribution in [3.05, 3.63) is 5.82 Å². The SMILES string of the molecule is CNC(C)CCSc1n[nH]c(C)n1. The van der Waals surface area contributed by atoms with Gasteiger partial charge in [-0.25, -0.2) is 4.98 Å². The van der Waals surface area contributed by atoms with Crippen LogP contribution in [0.5, 0.6) is 0 Å². The molecule has 0 spiro atoms. The van der Waals surface area contributed by atoms with Gasteiger partial charge < -0.3 is 5.32 Å². The third kappa shape index (κ3) is 3.78. The smallest absolute Gasteiger partial charge is 0.208 e. The first-order chi connectivity index (χ1) is 6.22. The van der Waals surface area contributed by atoms with E-state index in [1.165, 1.54) is 0 Å². The maximum absolute atomic E-state index is 4.21. The molecule has 1 aromatic rings. The molecule has 0 aliphatic carbocycles. The lowest BCUT2D eigenvalue weighted by atomic mass is 10.3. The molecule has 0 aliphatic heterocycles. The van der Waals surface area contributed by atoms with Crippen molar-refractivity contribution in [3.8, 4) is 0 Å². The minimum Gasteiger partial charge on any atom is -0.317 e. The molecule has 0 aliphatic rings. The van der Waals surface area contributed by atoms with Crippen LogP contribution in [-0.2, 0) is 0 Å². The van der Waals surface area contributed by atoms with Crippen LogP contribution in [0.4, 0.5) is 0 Å². The van der Waals surface area contributed by atoms with Crippen LogP contribution >= 0.6 is 11.8 Å². The summed E-state index contributed by atoms with van der Waals surface area (Å²) in [4.78, 5) is 4.21. The van der Waals surface area contributed by atoms with Crippen LogP contribution < -0.4 is 5.32 Å². The molecule has 0 amide bonds. The maximum atomic E-state index is 4.21. The molecule has 5 heteroatoms. The van der Waals surface area contributed by atoms with Crippen LogP contribution in [0.3, 0.4) is 0 Å². The molecule has 74 valence electrons. The number of aromatic nitrogens is 3. The second-order valence-electron chi connectivity index (χ2n) is 3.03. The molecule has 0 saturated heterocycles. The molecular weight excluding hydrogens is 184 g/mol. The fourth-order valence-corrected chi connectivity index (χ4v) is 1.82. The molecule has 1 aromatic heterocycles. The Labute approximate surface area is 82.9 Å². The summed E-state index contributed by atoms with van der Waals surface area (Å²) in [6, 6.07) is 0.563. The van der Waals surface area contributed by atoms with Gasteiger partial charge in [0, 0.05) is 11.8 Å². The molecule has 0 radical (unpaired) electrons. The average Bonchev–Trinajstić information content (AvgIpc) is 2.51. The fourth-order valence-electron chi connectivity index (χ4n) is 0.858. The zero-order valence-electron chi connectivity index (χ0n) is 8.29. The summed E-state index contributed by atoms with van der Waals surface area (Å²) in [5.41, 5.74) is 0. The second-order valence-corrected chi connectivity index (χ2v) is 4.09. The molecule has 1 rings (SSSR count). The number of hydrogen-bond acceptors (Lipinski definition) is 4. The number of rotatable bonds is 5. The lowest BCUT2D eigenvalue weighted by Gasteiger charge is -2.07. The predicted molar refractivity (Wildman–Crippen MR) is 55.0 cm³/mol. The molecule has 2 N–H and O–H groups in total. The minimum absolute atomic E-state index is 0.563. The number of H-pyrrole nitrogens is 1.